The summed E-state index contributed by atoms with van der Waals surface area (Å²) in [6, 6.07) is 11.6. The fourth-order valence-corrected chi connectivity index (χ4v) is 8.93. The summed E-state index contributed by atoms with van der Waals surface area (Å²) in [5, 5.41) is 34.8. The predicted octanol–water partition coefficient (Wildman–Crippen LogP) is 10.8. The summed E-state index contributed by atoms with van der Waals surface area (Å²) in [5.74, 6) is 0.445. The van der Waals surface area contributed by atoms with Gasteiger partial charge in [0.15, 0.2) is 0 Å². The van der Waals surface area contributed by atoms with Gasteiger partial charge in [-0.15, -0.1) is 0 Å². The van der Waals surface area contributed by atoms with Crippen LogP contribution in [0.25, 0.3) is 18.2 Å². The molecule has 9 nitrogen and oxygen atoms in total. The molecule has 3 fully saturated rings. The average Bonchev–Trinajstić information content (AvgIpc) is 3.25. The molecular weight excluding hydrogens is 745 g/mol. The number of fused-ring (bicyclic) bond motifs is 10. The summed E-state index contributed by atoms with van der Waals surface area (Å²) in [4.78, 5) is 30.2. The van der Waals surface area contributed by atoms with E-state index in [0.29, 0.717) is 33.4 Å². The molecule has 1 aliphatic heterocycles. The molecule has 1 heterocycles. The topological polar surface area (TPSA) is 135 Å². The van der Waals surface area contributed by atoms with E-state index in [2.05, 4.69) is 0 Å². The monoisotopic (exact) mass is 804 g/mol. The number of rotatable bonds is 3. The molecule has 312 valence electrons. The van der Waals surface area contributed by atoms with E-state index in [4.69, 9.17) is 30.0 Å². The molecule has 0 saturated heterocycles. The third-order valence-electron chi connectivity index (χ3n) is 12.1. The Morgan fingerprint density at radius 1 is 0.383 bits per heavy atom. The van der Waals surface area contributed by atoms with Gasteiger partial charge in [-0.25, -0.2) is 0 Å². The molecule has 0 spiro atoms. The minimum Gasteiger partial charge on any atom is -0.507 e. The van der Waals surface area contributed by atoms with Gasteiger partial charge in [0.25, 0.3) is 0 Å². The zero-order valence-corrected chi connectivity index (χ0v) is 35.4. The van der Waals surface area contributed by atoms with Gasteiger partial charge in [-0.1, -0.05) is 62.1 Å². The second-order valence-electron chi connectivity index (χ2n) is 16.6. The molecule has 6 atom stereocenters. The average molecular weight is 805 g/mol. The van der Waals surface area contributed by atoms with Crippen LogP contribution in [-0.4, -0.2) is 88.9 Å². The fourth-order valence-electron chi connectivity index (χ4n) is 8.93. The normalized spacial score (nSPS) is 28.2. The number of phenolic OH excluding ortho intramolecular Hbond substituents is 3. The smallest absolute Gasteiger partial charge is 0.133 e. The van der Waals surface area contributed by atoms with Crippen molar-refractivity contribution in [3.05, 3.63) is 105 Å². The molecule has 60 heavy (non-hydrogen) atoms. The molecule has 9 heteroatoms. The van der Waals surface area contributed by atoms with Crippen molar-refractivity contribution in [3.8, 4) is 17.2 Å². The number of hydrogen-bond donors (Lipinski definition) is 3. The van der Waals surface area contributed by atoms with E-state index in [0.717, 1.165) is 93.7 Å². The van der Waals surface area contributed by atoms with Crippen molar-refractivity contribution in [2.24, 2.45) is 30.0 Å². The summed E-state index contributed by atoms with van der Waals surface area (Å²) in [6.45, 7) is 5.94. The quantitative estimate of drug-likeness (QED) is 0.243. The summed E-state index contributed by atoms with van der Waals surface area (Å²) >= 11 is 0. The Hall–Kier alpha value is -5.70. The molecule has 3 N–H and O–H groups in total. The largest absolute Gasteiger partial charge is 0.507 e. The molecule has 7 rings (SSSR count). The minimum absolute atomic E-state index is 0.0569. The van der Waals surface area contributed by atoms with Crippen molar-refractivity contribution in [1.82, 2.24) is 0 Å². The molecule has 8 bridgehead atoms. The highest BCUT2D eigenvalue weighted by Crippen LogP contribution is 2.32. The summed E-state index contributed by atoms with van der Waals surface area (Å²) in [6.07, 6.45) is 34.3. The van der Waals surface area contributed by atoms with Crippen molar-refractivity contribution in [3.63, 3.8) is 0 Å². The lowest BCUT2D eigenvalue weighted by Crippen LogP contribution is -2.27. The van der Waals surface area contributed by atoms with Gasteiger partial charge in [0.05, 0.1) is 36.3 Å². The maximum Gasteiger partial charge on any atom is 0.133 e. The van der Waals surface area contributed by atoms with Crippen molar-refractivity contribution >= 4 is 55.5 Å². The molecule has 0 amide bonds. The van der Waals surface area contributed by atoms with Crippen LogP contribution in [0, 0.1) is 0 Å². The maximum atomic E-state index is 11.6. The van der Waals surface area contributed by atoms with Crippen LogP contribution in [0.1, 0.15) is 148 Å². The number of nitrogens with zero attached hydrogens (tertiary/aromatic N) is 6. The van der Waals surface area contributed by atoms with Crippen LogP contribution in [-0.2, 0) is 0 Å². The lowest BCUT2D eigenvalue weighted by atomic mass is 9.91. The standard InChI is InChI=1S/C51H60N6O3/c1-4-12-34-21-37-28-52-43-15-11-16-44(27-43)53-29-38-22-35(13-5-2)24-40(50(38)59)31-55-46-18-8-10-20-48(46)57-33-42-26-36(14-6-3)25-41(51(42)60)32-56-47-19-9-7-17-45(47)54-30-39(23-34)49(37)58/h4-6,12-14,21-26,28-33,43-48,58-60H,7-11,15-20,27H2,1-3H3/b12-4+,13-5+,14-6+,52-28+,53-29+,54-30+,55-31+,56-32+,57-33+. The van der Waals surface area contributed by atoms with Crippen LogP contribution in [0.2, 0.25) is 0 Å². The van der Waals surface area contributed by atoms with E-state index in [1.165, 1.54) is 0 Å². The van der Waals surface area contributed by atoms with Crippen molar-refractivity contribution in [2.75, 3.05) is 0 Å². The highest BCUT2D eigenvalue weighted by atomic mass is 16.3. The number of aromatic hydroxyl groups is 3. The highest BCUT2D eigenvalue weighted by Gasteiger charge is 2.26. The van der Waals surface area contributed by atoms with Crippen LogP contribution in [0.4, 0.5) is 0 Å². The van der Waals surface area contributed by atoms with E-state index in [1.807, 2.05) is 93.6 Å². The van der Waals surface area contributed by atoms with E-state index in [-0.39, 0.29) is 53.5 Å². The van der Waals surface area contributed by atoms with E-state index in [9.17, 15) is 15.3 Å². The summed E-state index contributed by atoms with van der Waals surface area (Å²) in [7, 11) is 0. The Balaban J connectivity index is 1.31. The van der Waals surface area contributed by atoms with Gasteiger partial charge in [-0.05, 0) is 125 Å². The number of hydrogen-bond acceptors (Lipinski definition) is 9. The Morgan fingerprint density at radius 2 is 0.650 bits per heavy atom. The first-order chi connectivity index (χ1) is 29.3. The maximum absolute atomic E-state index is 11.6. The zero-order chi connectivity index (χ0) is 41.8. The predicted molar refractivity (Wildman–Crippen MR) is 252 cm³/mol. The van der Waals surface area contributed by atoms with E-state index < -0.39 is 0 Å². The van der Waals surface area contributed by atoms with Gasteiger partial charge >= 0.3 is 0 Å². The zero-order valence-electron chi connectivity index (χ0n) is 35.4. The Morgan fingerprint density at radius 3 is 0.917 bits per heavy atom. The highest BCUT2D eigenvalue weighted by molar-refractivity contribution is 5.95. The van der Waals surface area contributed by atoms with Crippen LogP contribution < -0.4 is 0 Å². The molecule has 6 unspecified atom stereocenters. The first-order valence-corrected chi connectivity index (χ1v) is 22.0. The number of allylic oxidation sites excluding steroid dienone is 3. The molecule has 3 aliphatic carbocycles. The fraction of sp³-hybridized carbons (Fsp3) is 0.412. The van der Waals surface area contributed by atoms with Gasteiger partial charge < -0.3 is 15.3 Å². The Labute approximate surface area is 355 Å². The van der Waals surface area contributed by atoms with Gasteiger partial charge in [0.1, 0.15) is 17.2 Å². The van der Waals surface area contributed by atoms with E-state index in [1.54, 1.807) is 37.3 Å². The Bertz CT molecular complexity index is 2120. The summed E-state index contributed by atoms with van der Waals surface area (Å²) in [5.41, 5.74) is 6.72. The van der Waals surface area contributed by atoms with E-state index >= 15 is 0 Å². The first kappa shape index (κ1) is 42.4. The third-order valence-corrected chi connectivity index (χ3v) is 12.1. The second kappa shape index (κ2) is 20.5. The SMILES string of the molecule is C/C=C/c1cc2c(O)c(c1)/C=N/C1CCCCC1/N=C/c1cc(/C=C/C)cc(c1O)/C=N/C1CCCCC1/N=C/c1cc(/C=C/C)cc(c1O)/C=N/C1CCCC(C1)/N=C/2. The minimum atomic E-state index is -0.0670. The van der Waals surface area contributed by atoms with Crippen molar-refractivity contribution in [2.45, 2.75) is 134 Å². The van der Waals surface area contributed by atoms with Gasteiger partial charge in [-0.2, -0.15) is 0 Å². The number of aliphatic imine (C=N–C) groups is 6. The van der Waals surface area contributed by atoms with Gasteiger partial charge in [0.2, 0.25) is 0 Å². The molecule has 3 saturated carbocycles. The van der Waals surface area contributed by atoms with Crippen LogP contribution in [0.3, 0.4) is 0 Å². The number of phenols is 3. The van der Waals surface area contributed by atoms with Crippen molar-refractivity contribution in [1.29, 1.82) is 0 Å². The molecule has 4 aliphatic rings. The third kappa shape index (κ3) is 10.7. The van der Waals surface area contributed by atoms with Crippen LogP contribution in [0.5, 0.6) is 17.2 Å². The molecule has 0 radical (unpaired) electrons. The first-order valence-electron chi connectivity index (χ1n) is 22.0. The molecule has 3 aromatic carbocycles. The lowest BCUT2D eigenvalue weighted by molar-refractivity contribution is 0.389. The van der Waals surface area contributed by atoms with Crippen LogP contribution >= 0.6 is 0 Å². The summed E-state index contributed by atoms with van der Waals surface area (Å²) < 4.78 is 0. The van der Waals surface area contributed by atoms with Crippen LogP contribution in [0.15, 0.2) is 84.6 Å². The molecular formula is C51H60N6O3. The second-order valence-corrected chi connectivity index (χ2v) is 16.6. The van der Waals surface area contributed by atoms with Gasteiger partial charge in [0, 0.05) is 70.7 Å². The lowest BCUT2D eigenvalue weighted by Gasteiger charge is -2.26. The number of benzene rings is 3. The van der Waals surface area contributed by atoms with Gasteiger partial charge in [-0.3, -0.25) is 30.0 Å². The van der Waals surface area contributed by atoms with Crippen molar-refractivity contribution < 1.29 is 15.3 Å². The Kier molecular flexibility index (Phi) is 14.5. The molecule has 3 aromatic rings. The molecule has 0 aromatic heterocycles.